The van der Waals surface area contributed by atoms with E-state index in [4.69, 9.17) is 61.6 Å². The van der Waals surface area contributed by atoms with Gasteiger partial charge in [0.2, 0.25) is 5.95 Å². The van der Waals surface area contributed by atoms with Gasteiger partial charge in [-0.1, -0.05) is 116 Å². The second kappa shape index (κ2) is 38.4. The van der Waals surface area contributed by atoms with Crippen LogP contribution in [0.15, 0.2) is 198 Å². The van der Waals surface area contributed by atoms with Crippen LogP contribution in [0.4, 0.5) is 27.2 Å². The van der Waals surface area contributed by atoms with Crippen molar-refractivity contribution in [1.29, 1.82) is 0 Å². The van der Waals surface area contributed by atoms with E-state index in [0.717, 1.165) is 174 Å². The van der Waals surface area contributed by atoms with Crippen molar-refractivity contribution < 1.29 is 49.3 Å². The number of carbonyl (C=O) groups is 4. The summed E-state index contributed by atoms with van der Waals surface area (Å²) in [6, 6.07) is 56.9. The van der Waals surface area contributed by atoms with Gasteiger partial charge in [-0.3, -0.25) is 29.6 Å². The van der Waals surface area contributed by atoms with E-state index < -0.39 is 25.0 Å². The molecule has 9 heterocycles. The van der Waals surface area contributed by atoms with Crippen LogP contribution in [0.25, 0.3) is 43.2 Å². The monoisotopic (exact) mass is 1670 g/mol. The number of aryl methyl sites for hydroxylation is 3. The Balaban J connectivity index is 0.000000129. The number of ether oxygens (including phenoxy) is 2. The topological polar surface area (TPSA) is 281 Å². The molecule has 8 aromatic carbocycles. The minimum absolute atomic E-state index is 0.154. The summed E-state index contributed by atoms with van der Waals surface area (Å²) in [5.74, 6) is 1.51. The zero-order valence-corrected chi connectivity index (χ0v) is 70.1. The SMILES string of the molecule is COc1cc(C(=O)NO)cc2c1CN(c1nc(-c3cccc(Cl)c3)cs1)CC2.COc1ccc(-c2csc(N3CCCc4ccc(C(=O)CO)cc4CC3)n2)cc1.Cc1c(-c2csc(N3Cc4ccc(C(=O)NO)cc4C(C)(C)C3)n2)sc2ccccc12.O=C(CO)c1ccc2c(c1)CCN(c1nccc(NCc3ccccc3)n1)CCC2. The summed E-state index contributed by atoms with van der Waals surface area (Å²) in [7, 11) is 3.24. The van der Waals surface area contributed by atoms with E-state index in [9.17, 15) is 19.2 Å². The van der Waals surface area contributed by atoms with E-state index in [1.54, 1.807) is 94.9 Å². The molecule has 0 fully saturated rings. The number of amides is 2. The summed E-state index contributed by atoms with van der Waals surface area (Å²) < 4.78 is 12.0. The van der Waals surface area contributed by atoms with Gasteiger partial charge in [0.05, 0.1) is 36.2 Å². The molecule has 22 nitrogen and oxygen atoms in total. The lowest BCUT2D eigenvalue weighted by Crippen LogP contribution is -2.42. The molecule has 0 unspecified atom stereocenters. The highest BCUT2D eigenvalue weighted by atomic mass is 35.5. The lowest BCUT2D eigenvalue weighted by Gasteiger charge is -2.40. The highest BCUT2D eigenvalue weighted by Gasteiger charge is 2.35. The number of aliphatic hydroxyl groups excluding tert-OH is 2. The van der Waals surface area contributed by atoms with Crippen LogP contribution in [0.1, 0.15) is 124 Å². The van der Waals surface area contributed by atoms with Crippen LogP contribution < -0.4 is 45.4 Å². The molecule has 118 heavy (non-hydrogen) atoms. The molecule has 4 aliphatic heterocycles. The summed E-state index contributed by atoms with van der Waals surface area (Å²) in [5.41, 5.74) is 22.1. The average Bonchev–Trinajstić information content (AvgIpc) is 1.26. The molecule has 0 atom stereocenters. The fourth-order valence-corrected chi connectivity index (χ4v) is 19.3. The molecule has 0 bridgehead atoms. The van der Waals surface area contributed by atoms with E-state index in [1.807, 2.05) is 127 Å². The van der Waals surface area contributed by atoms with E-state index in [-0.39, 0.29) is 17.0 Å². The number of nitrogens with zero attached hydrogens (tertiary/aromatic N) is 9. The number of halogens is 1. The van der Waals surface area contributed by atoms with Crippen LogP contribution in [0.3, 0.4) is 0 Å². The molecule has 0 spiro atoms. The number of anilines is 5. The number of methoxy groups -OCH3 is 2. The highest BCUT2D eigenvalue weighted by Crippen LogP contribution is 2.43. The first-order chi connectivity index (χ1) is 57.4. The van der Waals surface area contributed by atoms with Gasteiger partial charge in [-0.05, 0) is 192 Å². The van der Waals surface area contributed by atoms with Gasteiger partial charge in [0.25, 0.3) is 11.8 Å². The average molecular weight is 1680 g/mol. The number of hydroxylamine groups is 2. The number of Topliss-reactive ketones (excluding diaryl/α,β-unsaturated/α-hetero) is 2. The van der Waals surface area contributed by atoms with Crippen LogP contribution in [0.5, 0.6) is 11.5 Å². The van der Waals surface area contributed by atoms with Crippen LogP contribution >= 0.6 is 56.9 Å². The minimum Gasteiger partial charge on any atom is -0.497 e. The molecule has 5 aromatic heterocycles. The Labute approximate surface area is 706 Å². The maximum Gasteiger partial charge on any atom is 0.274 e. The van der Waals surface area contributed by atoms with Crippen molar-refractivity contribution in [3.63, 3.8) is 0 Å². The summed E-state index contributed by atoms with van der Waals surface area (Å²) in [5, 5.41) is 50.8. The molecule has 17 rings (SSSR count). The van der Waals surface area contributed by atoms with Gasteiger partial charge in [0.1, 0.15) is 30.5 Å². The molecule has 4 aliphatic rings. The number of hydrogen-bond donors (Lipinski definition) is 7. The molecule has 0 radical (unpaired) electrons. The Kier molecular flexibility index (Phi) is 27.1. The Morgan fingerprint density at radius 2 is 1.11 bits per heavy atom. The van der Waals surface area contributed by atoms with Crippen molar-refractivity contribution in [2.45, 2.75) is 90.8 Å². The van der Waals surface area contributed by atoms with Gasteiger partial charge in [0, 0.05) is 135 Å². The number of aromatic nitrogens is 5. The number of nitrogens with one attached hydrogen (secondary N) is 3. The number of thiazole rings is 3. The van der Waals surface area contributed by atoms with Gasteiger partial charge >= 0.3 is 0 Å². The number of hydrogen-bond acceptors (Lipinski definition) is 24. The van der Waals surface area contributed by atoms with Gasteiger partial charge in [-0.25, -0.2) is 30.9 Å². The van der Waals surface area contributed by atoms with E-state index in [0.29, 0.717) is 46.1 Å². The molecule has 0 saturated heterocycles. The van der Waals surface area contributed by atoms with Crippen LogP contribution in [0, 0.1) is 6.92 Å². The molecular weight excluding hydrogens is 1580 g/mol. The zero-order valence-electron chi connectivity index (χ0n) is 66.1. The van der Waals surface area contributed by atoms with Gasteiger partial charge in [-0.2, -0.15) is 4.98 Å². The largest absolute Gasteiger partial charge is 0.497 e. The summed E-state index contributed by atoms with van der Waals surface area (Å²) in [6.45, 7) is 12.8. The number of ketones is 2. The van der Waals surface area contributed by atoms with E-state index in [1.165, 1.54) is 48.3 Å². The summed E-state index contributed by atoms with van der Waals surface area (Å²) >= 11 is 12.8. The fourth-order valence-electron chi connectivity index (χ4n) is 15.3. The fraction of sp³-hybridized carbons (Fsp3) is 0.264. The maximum atomic E-state index is 11.9. The summed E-state index contributed by atoms with van der Waals surface area (Å²) in [4.78, 5) is 81.5. The van der Waals surface area contributed by atoms with Crippen molar-refractivity contribution >= 4 is 118 Å². The number of fused-ring (bicyclic) bond motifs is 5. The van der Waals surface area contributed by atoms with Crippen molar-refractivity contribution in [3.8, 4) is 44.6 Å². The lowest BCUT2D eigenvalue weighted by molar-refractivity contribution is 0.0701. The molecule has 13 aromatic rings. The number of benzene rings is 8. The normalized spacial score (nSPS) is 14.1. The van der Waals surface area contributed by atoms with Crippen LogP contribution in [-0.4, -0.2) is 136 Å². The van der Waals surface area contributed by atoms with Gasteiger partial charge in [-0.15, -0.1) is 45.3 Å². The van der Waals surface area contributed by atoms with Crippen LogP contribution in [0.2, 0.25) is 5.02 Å². The first kappa shape index (κ1) is 83.2. The minimum atomic E-state index is -0.547. The Morgan fingerprint density at radius 1 is 0.525 bits per heavy atom. The quantitative estimate of drug-likeness (QED) is 0.0239. The van der Waals surface area contributed by atoms with Crippen LogP contribution in [-0.2, 0) is 57.2 Å². The molecular formula is C91H91ClN12O10S4. The zero-order chi connectivity index (χ0) is 82.4. The predicted octanol–water partition coefficient (Wildman–Crippen LogP) is 17.2. The molecule has 606 valence electrons. The second-order valence-corrected chi connectivity index (χ2v) is 33.7. The van der Waals surface area contributed by atoms with E-state index in [2.05, 4.69) is 97.8 Å². The van der Waals surface area contributed by atoms with Gasteiger partial charge in [0.15, 0.2) is 27.0 Å². The predicted molar refractivity (Wildman–Crippen MR) is 471 cm³/mol. The Hall–Kier alpha value is -11.3. The van der Waals surface area contributed by atoms with Gasteiger partial charge < -0.3 is 44.6 Å². The van der Waals surface area contributed by atoms with Crippen molar-refractivity contribution in [2.24, 2.45) is 0 Å². The molecule has 2 amide bonds. The summed E-state index contributed by atoms with van der Waals surface area (Å²) in [6.07, 6.45) is 8.18. The molecule has 27 heteroatoms. The first-order valence-corrected chi connectivity index (χ1v) is 42.8. The standard InChI is InChI=1S/C24H26N4O2.C24H23N3O2S2.C23H24N2O3S.C20H18ClN3O3S/c29-17-22(30)21-9-8-19-7-4-13-28(14-11-20(19)15-21)24-25-12-10-23(27-24)26-16-18-5-2-1-3-6-18;1-14-17-6-4-5-7-20(17)31-21(14)19-12-30-23(25-19)27-11-16-9-8-15(22(28)26-29)10-18(16)24(2,3)13-27;1-28-20-8-6-17(7-9-20)21-15-29-23(24-21)25-11-2-3-16-4-5-19(22(27)14-26)13-18(16)10-12-25;1-27-18-9-14(19(25)23-26)7-12-5-6-24(10-16(12)18)20-22-17(11-28-20)13-3-2-4-15(21)8-13/h1-3,5-6,8-10,12,15,29H,4,7,11,13-14,16-17H2,(H,25,26,27);4-10,12,29H,11,13H2,1-3H3,(H,26,28);4-9,13,15,26H,2-3,10-12,14H2,1H3;2-4,7-9,11,26H,5-6,10H2,1H3,(H,23,25). The molecule has 7 N–H and O–H groups in total. The smallest absolute Gasteiger partial charge is 0.274 e. The number of rotatable bonds is 18. The third-order valence-corrected chi connectivity index (χ3v) is 25.8. The Bertz CT molecular complexity index is 5720. The highest BCUT2D eigenvalue weighted by molar-refractivity contribution is 7.23. The first-order valence-electron chi connectivity index (χ1n) is 39.0. The molecule has 0 aliphatic carbocycles. The third kappa shape index (κ3) is 19.8. The molecule has 0 saturated carbocycles. The van der Waals surface area contributed by atoms with Crippen molar-refractivity contribution in [1.82, 2.24) is 35.9 Å². The van der Waals surface area contributed by atoms with Crippen molar-refractivity contribution in [2.75, 3.05) is 91.6 Å². The Morgan fingerprint density at radius 3 is 1.77 bits per heavy atom. The second-order valence-electron chi connectivity index (χ2n) is 29.7. The van der Waals surface area contributed by atoms with E-state index >= 15 is 0 Å². The maximum absolute atomic E-state index is 11.9. The third-order valence-electron chi connectivity index (χ3n) is 21.5. The lowest BCUT2D eigenvalue weighted by atomic mass is 9.78. The number of aliphatic hydroxyl groups is 2. The number of thiophene rings is 1. The van der Waals surface area contributed by atoms with Crippen molar-refractivity contribution in [3.05, 3.63) is 281 Å². The number of carbonyl (C=O) groups excluding carboxylic acids is 4.